The second-order valence-corrected chi connectivity index (χ2v) is 4.16. The van der Waals surface area contributed by atoms with Gasteiger partial charge in [-0.1, -0.05) is 0 Å². The summed E-state index contributed by atoms with van der Waals surface area (Å²) in [6.07, 6.45) is 3.23. The van der Waals surface area contributed by atoms with E-state index in [9.17, 15) is 4.39 Å². The van der Waals surface area contributed by atoms with Crippen LogP contribution in [0.2, 0.25) is 0 Å². The summed E-state index contributed by atoms with van der Waals surface area (Å²) in [6, 6.07) is 0. The van der Waals surface area contributed by atoms with Crippen molar-refractivity contribution in [2.45, 2.75) is 19.3 Å². The molecule has 1 rings (SSSR count). The molecule has 0 aromatic carbocycles. The Balaban J connectivity index is 2.37. The van der Waals surface area contributed by atoms with E-state index in [1.165, 1.54) is 12.8 Å². The average molecular weight is 188 g/mol. The van der Waals surface area contributed by atoms with Crippen molar-refractivity contribution in [3.05, 3.63) is 0 Å². The van der Waals surface area contributed by atoms with E-state index in [2.05, 4.69) is 11.9 Å². The van der Waals surface area contributed by atoms with Gasteiger partial charge in [0.2, 0.25) is 0 Å². The minimum atomic E-state index is -0.199. The van der Waals surface area contributed by atoms with Crippen molar-refractivity contribution >= 4 is 0 Å². The van der Waals surface area contributed by atoms with Crippen molar-refractivity contribution < 1.29 is 4.39 Å². The maximum absolute atomic E-state index is 12.7. The molecule has 0 amide bonds. The molecule has 0 radical (unpaired) electrons. The lowest BCUT2D eigenvalue weighted by Crippen LogP contribution is -2.37. The number of hydrogen-bond donors (Lipinski definition) is 1. The second kappa shape index (κ2) is 5.55. The van der Waals surface area contributed by atoms with Crippen LogP contribution in [0.3, 0.4) is 0 Å². The van der Waals surface area contributed by atoms with Crippen LogP contribution in [-0.2, 0) is 0 Å². The molecule has 1 heterocycles. The number of nitrogens with two attached hydrogens (primary N) is 1. The highest BCUT2D eigenvalue weighted by Gasteiger charge is 2.24. The number of hydrogen-bond acceptors (Lipinski definition) is 2. The highest BCUT2D eigenvalue weighted by Crippen LogP contribution is 2.25. The average Bonchev–Trinajstić information content (AvgIpc) is 2.14. The Bertz CT molecular complexity index is 141. The molecule has 0 spiro atoms. The lowest BCUT2D eigenvalue weighted by molar-refractivity contribution is 0.136. The topological polar surface area (TPSA) is 29.3 Å². The molecule has 2 unspecified atom stereocenters. The Morgan fingerprint density at radius 3 is 2.92 bits per heavy atom. The van der Waals surface area contributed by atoms with Crippen molar-refractivity contribution in [1.82, 2.24) is 4.90 Å². The largest absolute Gasteiger partial charge is 0.330 e. The molecule has 0 aromatic rings. The van der Waals surface area contributed by atoms with Gasteiger partial charge in [-0.25, -0.2) is 0 Å². The summed E-state index contributed by atoms with van der Waals surface area (Å²) < 4.78 is 12.7. The fraction of sp³-hybridized carbons (Fsp3) is 1.00. The molecule has 0 saturated carbocycles. The number of likely N-dealkylation sites (tertiary alicyclic amines) is 1. The van der Waals surface area contributed by atoms with E-state index in [1.807, 2.05) is 0 Å². The van der Waals surface area contributed by atoms with Gasteiger partial charge in [0.15, 0.2) is 0 Å². The molecule has 78 valence electrons. The van der Waals surface area contributed by atoms with Crippen LogP contribution in [0.1, 0.15) is 19.3 Å². The summed E-state index contributed by atoms with van der Waals surface area (Å²) >= 11 is 0. The number of nitrogens with zero attached hydrogens (tertiary/aromatic N) is 1. The summed E-state index contributed by atoms with van der Waals surface area (Å²) in [7, 11) is 2.11. The highest BCUT2D eigenvalue weighted by atomic mass is 19.1. The number of piperidine rings is 1. The lowest BCUT2D eigenvalue weighted by Gasteiger charge is -2.33. The van der Waals surface area contributed by atoms with E-state index in [0.717, 1.165) is 19.5 Å². The number of rotatable bonds is 4. The first-order chi connectivity index (χ1) is 6.27. The van der Waals surface area contributed by atoms with Gasteiger partial charge in [0.25, 0.3) is 0 Å². The maximum Gasteiger partial charge on any atom is 0.0926 e. The molecule has 1 aliphatic heterocycles. The molecule has 0 bridgehead atoms. The lowest BCUT2D eigenvalue weighted by atomic mass is 9.84. The summed E-state index contributed by atoms with van der Waals surface area (Å²) in [6.45, 7) is 2.64. The van der Waals surface area contributed by atoms with E-state index >= 15 is 0 Å². The fourth-order valence-corrected chi connectivity index (χ4v) is 2.24. The summed E-state index contributed by atoms with van der Waals surface area (Å²) in [4.78, 5) is 2.30. The molecule has 1 aliphatic rings. The van der Waals surface area contributed by atoms with Gasteiger partial charge in [0.05, 0.1) is 6.67 Å². The van der Waals surface area contributed by atoms with Crippen molar-refractivity contribution in [2.75, 3.05) is 33.4 Å². The molecular weight excluding hydrogens is 167 g/mol. The van der Waals surface area contributed by atoms with Gasteiger partial charge in [0, 0.05) is 6.54 Å². The third-order valence-corrected chi connectivity index (χ3v) is 3.06. The SMILES string of the molecule is CN1CCCC(C(CF)CCN)C1. The van der Waals surface area contributed by atoms with Crippen molar-refractivity contribution in [1.29, 1.82) is 0 Å². The van der Waals surface area contributed by atoms with E-state index < -0.39 is 0 Å². The third kappa shape index (κ3) is 3.24. The van der Waals surface area contributed by atoms with Crippen LogP contribution in [0.5, 0.6) is 0 Å². The summed E-state index contributed by atoms with van der Waals surface area (Å²) in [5, 5.41) is 0. The van der Waals surface area contributed by atoms with Gasteiger partial charge in [-0.2, -0.15) is 0 Å². The number of halogens is 1. The van der Waals surface area contributed by atoms with Crippen molar-refractivity contribution in [3.63, 3.8) is 0 Å². The zero-order chi connectivity index (χ0) is 9.68. The predicted octanol–water partition coefficient (Wildman–Crippen LogP) is 1.26. The van der Waals surface area contributed by atoms with Crippen LogP contribution in [0.25, 0.3) is 0 Å². The molecule has 1 fully saturated rings. The van der Waals surface area contributed by atoms with Crippen LogP contribution in [0, 0.1) is 11.8 Å². The summed E-state index contributed by atoms with van der Waals surface area (Å²) in [5.74, 6) is 0.736. The zero-order valence-corrected chi connectivity index (χ0v) is 8.51. The maximum atomic E-state index is 12.7. The normalized spacial score (nSPS) is 27.5. The van der Waals surface area contributed by atoms with Gasteiger partial charge in [-0.05, 0) is 51.2 Å². The Morgan fingerprint density at radius 1 is 1.62 bits per heavy atom. The third-order valence-electron chi connectivity index (χ3n) is 3.06. The molecule has 0 aliphatic carbocycles. The Kier molecular flexibility index (Phi) is 4.67. The van der Waals surface area contributed by atoms with E-state index in [-0.39, 0.29) is 12.6 Å². The molecule has 0 aromatic heterocycles. The molecular formula is C10H21FN2. The minimum absolute atomic E-state index is 0.199. The molecule has 3 heteroatoms. The fourth-order valence-electron chi connectivity index (χ4n) is 2.24. The van der Waals surface area contributed by atoms with Crippen LogP contribution < -0.4 is 5.73 Å². The standard InChI is InChI=1S/C10H21FN2/c1-13-6-2-3-10(8-13)9(7-11)4-5-12/h9-10H,2-8,12H2,1H3. The molecule has 2 nitrogen and oxygen atoms in total. The van der Waals surface area contributed by atoms with Gasteiger partial charge in [0.1, 0.15) is 0 Å². The first-order valence-corrected chi connectivity index (χ1v) is 5.22. The van der Waals surface area contributed by atoms with Crippen LogP contribution in [0.15, 0.2) is 0 Å². The van der Waals surface area contributed by atoms with Crippen LogP contribution >= 0.6 is 0 Å². The van der Waals surface area contributed by atoms with E-state index in [4.69, 9.17) is 5.73 Å². The smallest absolute Gasteiger partial charge is 0.0926 e. The van der Waals surface area contributed by atoms with E-state index in [1.54, 1.807) is 0 Å². The zero-order valence-electron chi connectivity index (χ0n) is 8.51. The molecule has 13 heavy (non-hydrogen) atoms. The monoisotopic (exact) mass is 188 g/mol. The Hall–Kier alpha value is -0.150. The van der Waals surface area contributed by atoms with Gasteiger partial charge >= 0.3 is 0 Å². The minimum Gasteiger partial charge on any atom is -0.330 e. The van der Waals surface area contributed by atoms with Gasteiger partial charge in [-0.3, -0.25) is 4.39 Å². The first kappa shape index (κ1) is 10.9. The molecule has 2 atom stereocenters. The molecule has 1 saturated heterocycles. The van der Waals surface area contributed by atoms with Gasteiger partial charge < -0.3 is 10.6 Å². The molecule has 2 N–H and O–H groups in total. The highest BCUT2D eigenvalue weighted by molar-refractivity contribution is 4.77. The number of alkyl halides is 1. The quantitative estimate of drug-likeness (QED) is 0.719. The van der Waals surface area contributed by atoms with Gasteiger partial charge in [-0.15, -0.1) is 0 Å². The summed E-state index contributed by atoms with van der Waals surface area (Å²) in [5.41, 5.74) is 5.47. The van der Waals surface area contributed by atoms with Crippen molar-refractivity contribution in [3.8, 4) is 0 Å². The Labute approximate surface area is 80.3 Å². The first-order valence-electron chi connectivity index (χ1n) is 5.22. The van der Waals surface area contributed by atoms with Crippen LogP contribution in [0.4, 0.5) is 4.39 Å². The second-order valence-electron chi connectivity index (χ2n) is 4.16. The van der Waals surface area contributed by atoms with E-state index in [0.29, 0.717) is 12.5 Å². The van der Waals surface area contributed by atoms with Crippen molar-refractivity contribution in [2.24, 2.45) is 17.6 Å². The predicted molar refractivity (Wildman–Crippen MR) is 53.4 cm³/mol. The Morgan fingerprint density at radius 2 is 2.38 bits per heavy atom. The van der Waals surface area contributed by atoms with Crippen LogP contribution in [-0.4, -0.2) is 38.3 Å².